The summed E-state index contributed by atoms with van der Waals surface area (Å²) in [5.41, 5.74) is 4.95. The maximum absolute atomic E-state index is 12.8. The van der Waals surface area contributed by atoms with Crippen LogP contribution >= 0.6 is 11.6 Å². The van der Waals surface area contributed by atoms with Crippen LogP contribution in [0.3, 0.4) is 0 Å². The summed E-state index contributed by atoms with van der Waals surface area (Å²) >= 11 is 6.07. The maximum Gasteiger partial charge on any atom is 0.410 e. The Morgan fingerprint density at radius 2 is 1.74 bits per heavy atom. The lowest BCUT2D eigenvalue weighted by molar-refractivity contribution is 0.0142. The molecular formula is C29H34ClNO3. The van der Waals surface area contributed by atoms with Gasteiger partial charge in [0, 0.05) is 11.6 Å². The lowest BCUT2D eigenvalue weighted by Crippen LogP contribution is -2.40. The first-order valence-electron chi connectivity index (χ1n) is 11.7. The smallest absolute Gasteiger partial charge is 0.410 e. The molecule has 0 unspecified atom stereocenters. The van der Waals surface area contributed by atoms with E-state index >= 15 is 0 Å². The number of nitrogens with zero attached hydrogens (tertiary/aromatic N) is 1. The Bertz CT molecular complexity index is 1090. The van der Waals surface area contributed by atoms with Crippen molar-refractivity contribution in [2.75, 3.05) is 13.1 Å². The summed E-state index contributed by atoms with van der Waals surface area (Å²) in [5.74, 6) is 0. The number of rotatable bonds is 8. The lowest BCUT2D eigenvalue weighted by atomic mass is 9.98. The van der Waals surface area contributed by atoms with Crippen molar-refractivity contribution in [1.29, 1.82) is 0 Å². The van der Waals surface area contributed by atoms with Crippen LogP contribution in [0.15, 0.2) is 72.8 Å². The first-order chi connectivity index (χ1) is 16.1. The SMILES string of the molecule is Cc1ccccc1-c1ccc(CCCN(C[C@H](O)c2cccc(Cl)c2)C(=O)OC(C)(C)C)cc1. The van der Waals surface area contributed by atoms with Gasteiger partial charge in [0.1, 0.15) is 5.60 Å². The monoisotopic (exact) mass is 479 g/mol. The molecule has 4 nitrogen and oxygen atoms in total. The fraction of sp³-hybridized carbons (Fsp3) is 0.345. The molecule has 1 amide bonds. The molecule has 0 aromatic heterocycles. The van der Waals surface area contributed by atoms with Gasteiger partial charge in [-0.15, -0.1) is 0 Å². The van der Waals surface area contributed by atoms with Crippen molar-refractivity contribution < 1.29 is 14.6 Å². The van der Waals surface area contributed by atoms with E-state index in [-0.39, 0.29) is 6.54 Å². The zero-order valence-corrected chi connectivity index (χ0v) is 21.2. The Labute approximate surface area is 208 Å². The van der Waals surface area contributed by atoms with Gasteiger partial charge in [0.25, 0.3) is 0 Å². The topological polar surface area (TPSA) is 49.8 Å². The van der Waals surface area contributed by atoms with Gasteiger partial charge in [-0.25, -0.2) is 4.79 Å². The molecule has 1 atom stereocenters. The van der Waals surface area contributed by atoms with E-state index in [1.54, 1.807) is 29.2 Å². The number of halogens is 1. The van der Waals surface area contributed by atoms with Crippen LogP contribution in [0.4, 0.5) is 4.79 Å². The first-order valence-corrected chi connectivity index (χ1v) is 12.1. The second-order valence-electron chi connectivity index (χ2n) is 9.61. The largest absolute Gasteiger partial charge is 0.444 e. The highest BCUT2D eigenvalue weighted by atomic mass is 35.5. The van der Waals surface area contributed by atoms with Gasteiger partial charge >= 0.3 is 6.09 Å². The number of ether oxygens (including phenoxy) is 1. The van der Waals surface area contributed by atoms with E-state index in [0.717, 1.165) is 12.8 Å². The van der Waals surface area contributed by atoms with Gasteiger partial charge in [0.15, 0.2) is 0 Å². The van der Waals surface area contributed by atoms with Crippen molar-refractivity contribution in [2.24, 2.45) is 0 Å². The van der Waals surface area contributed by atoms with Crippen molar-refractivity contribution >= 4 is 17.7 Å². The molecule has 0 aliphatic heterocycles. The van der Waals surface area contributed by atoms with E-state index in [2.05, 4.69) is 49.4 Å². The molecule has 0 fully saturated rings. The molecule has 5 heteroatoms. The summed E-state index contributed by atoms with van der Waals surface area (Å²) in [6.07, 6.45) is 0.300. The molecule has 0 aliphatic rings. The van der Waals surface area contributed by atoms with Crippen LogP contribution in [-0.4, -0.2) is 34.8 Å². The van der Waals surface area contributed by atoms with E-state index in [4.69, 9.17) is 16.3 Å². The zero-order valence-electron chi connectivity index (χ0n) is 20.4. The van der Waals surface area contributed by atoms with Crippen LogP contribution in [0.2, 0.25) is 5.02 Å². The van der Waals surface area contributed by atoms with E-state index in [1.807, 2.05) is 26.8 Å². The lowest BCUT2D eigenvalue weighted by Gasteiger charge is -2.29. The second-order valence-corrected chi connectivity index (χ2v) is 10.0. The average Bonchev–Trinajstić information content (AvgIpc) is 2.78. The molecule has 180 valence electrons. The number of benzene rings is 3. The molecule has 34 heavy (non-hydrogen) atoms. The summed E-state index contributed by atoms with van der Waals surface area (Å²) in [4.78, 5) is 14.4. The summed E-state index contributed by atoms with van der Waals surface area (Å²) < 4.78 is 5.59. The molecule has 0 radical (unpaired) electrons. The maximum atomic E-state index is 12.8. The summed E-state index contributed by atoms with van der Waals surface area (Å²) in [7, 11) is 0. The molecule has 3 aromatic rings. The van der Waals surface area contributed by atoms with Crippen molar-refractivity contribution in [3.8, 4) is 11.1 Å². The van der Waals surface area contributed by atoms with Crippen molar-refractivity contribution in [3.05, 3.63) is 94.5 Å². The molecule has 0 saturated heterocycles. The highest BCUT2D eigenvalue weighted by Gasteiger charge is 2.24. The van der Waals surface area contributed by atoms with E-state index in [0.29, 0.717) is 17.1 Å². The number of carbonyl (C=O) groups is 1. The van der Waals surface area contributed by atoms with Crippen LogP contribution in [0, 0.1) is 6.92 Å². The molecule has 1 N–H and O–H groups in total. The summed E-state index contributed by atoms with van der Waals surface area (Å²) in [6, 6.07) is 24.0. The number of carbonyl (C=O) groups excluding carboxylic acids is 1. The van der Waals surface area contributed by atoms with Gasteiger partial charge < -0.3 is 14.7 Å². The van der Waals surface area contributed by atoms with Gasteiger partial charge in [0.2, 0.25) is 0 Å². The van der Waals surface area contributed by atoms with Crippen molar-refractivity contribution in [3.63, 3.8) is 0 Å². The van der Waals surface area contributed by atoms with Crippen molar-refractivity contribution in [1.82, 2.24) is 4.90 Å². The minimum absolute atomic E-state index is 0.140. The van der Waals surface area contributed by atoms with Crippen LogP contribution in [0.5, 0.6) is 0 Å². The number of hydrogen-bond donors (Lipinski definition) is 1. The number of aryl methyl sites for hydroxylation is 2. The van der Waals surface area contributed by atoms with E-state index in [9.17, 15) is 9.90 Å². The molecule has 0 spiro atoms. The molecule has 0 aliphatic carbocycles. The average molecular weight is 480 g/mol. The van der Waals surface area contributed by atoms with E-state index < -0.39 is 17.8 Å². The Kier molecular flexibility index (Phi) is 8.76. The molecule has 0 saturated carbocycles. The summed E-state index contributed by atoms with van der Waals surface area (Å²) in [5, 5.41) is 11.3. The highest BCUT2D eigenvalue weighted by molar-refractivity contribution is 6.30. The quantitative estimate of drug-likeness (QED) is 0.371. The Hall–Kier alpha value is -2.82. The Morgan fingerprint density at radius 1 is 1.03 bits per heavy atom. The van der Waals surface area contributed by atoms with Crippen LogP contribution in [0.1, 0.15) is 50.0 Å². The number of aliphatic hydroxyl groups excluding tert-OH is 1. The van der Waals surface area contributed by atoms with Gasteiger partial charge in [-0.3, -0.25) is 0 Å². The fourth-order valence-electron chi connectivity index (χ4n) is 3.83. The first kappa shape index (κ1) is 25.8. The second kappa shape index (κ2) is 11.5. The molecule has 3 aromatic carbocycles. The molecular weight excluding hydrogens is 446 g/mol. The van der Waals surface area contributed by atoms with Gasteiger partial charge in [0.05, 0.1) is 12.6 Å². The third-order valence-electron chi connectivity index (χ3n) is 5.58. The van der Waals surface area contributed by atoms with Crippen LogP contribution < -0.4 is 0 Å². The third-order valence-corrected chi connectivity index (χ3v) is 5.82. The van der Waals surface area contributed by atoms with Crippen LogP contribution in [0.25, 0.3) is 11.1 Å². The molecule has 0 heterocycles. The number of hydrogen-bond acceptors (Lipinski definition) is 3. The predicted molar refractivity (Wildman–Crippen MR) is 139 cm³/mol. The van der Waals surface area contributed by atoms with Gasteiger partial charge in [-0.05, 0) is 80.5 Å². The van der Waals surface area contributed by atoms with Gasteiger partial charge in [-0.2, -0.15) is 0 Å². The highest BCUT2D eigenvalue weighted by Crippen LogP contribution is 2.24. The zero-order chi connectivity index (χ0) is 24.7. The minimum atomic E-state index is -0.848. The minimum Gasteiger partial charge on any atom is -0.444 e. The number of aliphatic hydroxyl groups is 1. The van der Waals surface area contributed by atoms with Crippen molar-refractivity contribution in [2.45, 2.75) is 52.2 Å². The molecule has 3 rings (SSSR count). The third kappa shape index (κ3) is 7.61. The number of amides is 1. The fourth-order valence-corrected chi connectivity index (χ4v) is 4.03. The van der Waals surface area contributed by atoms with E-state index in [1.165, 1.54) is 22.3 Å². The molecule has 0 bridgehead atoms. The standard InChI is InChI=1S/C29H34ClNO3/c1-21-9-5-6-13-26(21)23-16-14-22(15-17-23)10-8-18-31(28(33)34-29(2,3)4)20-27(32)24-11-7-12-25(30)19-24/h5-7,9,11-17,19,27,32H,8,10,18,20H2,1-4H3/t27-/m0/s1. The normalized spacial score (nSPS) is 12.3. The summed E-state index contributed by atoms with van der Waals surface area (Å²) in [6.45, 7) is 8.26. The predicted octanol–water partition coefficient (Wildman–Crippen LogP) is 7.22. The van der Waals surface area contributed by atoms with Crippen LogP contribution in [-0.2, 0) is 11.2 Å². The Morgan fingerprint density at radius 3 is 2.38 bits per heavy atom. The Balaban J connectivity index is 1.64. The van der Waals surface area contributed by atoms with Gasteiger partial charge in [-0.1, -0.05) is 72.3 Å².